The van der Waals surface area contributed by atoms with Crippen LogP contribution in [0.25, 0.3) is 0 Å². The lowest BCUT2D eigenvalue weighted by Crippen LogP contribution is -2.33. The lowest BCUT2D eigenvalue weighted by Gasteiger charge is -2.25. The van der Waals surface area contributed by atoms with Gasteiger partial charge in [-0.3, -0.25) is 0 Å². The van der Waals surface area contributed by atoms with Crippen LogP contribution >= 0.6 is 11.8 Å². The number of fused-ring (bicyclic) bond motifs is 2. The standard InChI is InChI=1S/C8H8N4S/c1-2-13-8-11-7-6(4-12(1)8)3-9-5-10-7/h1-3,9H,4-5H2. The first-order valence-electron chi connectivity index (χ1n) is 4.09. The van der Waals surface area contributed by atoms with Crippen molar-refractivity contribution in [2.75, 3.05) is 13.2 Å². The van der Waals surface area contributed by atoms with Crippen LogP contribution in [-0.4, -0.2) is 29.1 Å². The summed E-state index contributed by atoms with van der Waals surface area (Å²) in [5.41, 5.74) is 1.17. The highest BCUT2D eigenvalue weighted by atomic mass is 32.2. The molecule has 0 aliphatic carbocycles. The van der Waals surface area contributed by atoms with Gasteiger partial charge in [-0.25, -0.2) is 9.98 Å². The Kier molecular flexibility index (Phi) is 1.46. The van der Waals surface area contributed by atoms with Gasteiger partial charge in [0.05, 0.1) is 6.54 Å². The molecule has 0 saturated heterocycles. The molecule has 66 valence electrons. The predicted molar refractivity (Wildman–Crippen MR) is 54.4 cm³/mol. The molecule has 1 N–H and O–H groups in total. The molecule has 0 saturated carbocycles. The Morgan fingerprint density at radius 1 is 1.54 bits per heavy atom. The number of hydrogen-bond donors (Lipinski definition) is 1. The van der Waals surface area contributed by atoms with Crippen molar-refractivity contribution < 1.29 is 0 Å². The van der Waals surface area contributed by atoms with Gasteiger partial charge in [-0.1, -0.05) is 11.8 Å². The second-order valence-corrected chi connectivity index (χ2v) is 3.81. The van der Waals surface area contributed by atoms with Gasteiger partial charge < -0.3 is 10.2 Å². The third-order valence-corrected chi connectivity index (χ3v) is 2.88. The van der Waals surface area contributed by atoms with E-state index in [1.165, 1.54) is 5.57 Å². The normalized spacial score (nSPS) is 24.0. The molecule has 0 unspecified atom stereocenters. The van der Waals surface area contributed by atoms with Crippen molar-refractivity contribution in [2.24, 2.45) is 9.98 Å². The maximum atomic E-state index is 4.45. The van der Waals surface area contributed by atoms with Gasteiger partial charge in [0.15, 0.2) is 11.0 Å². The molecular formula is C8H8N4S. The second-order valence-electron chi connectivity index (χ2n) is 2.94. The van der Waals surface area contributed by atoms with E-state index >= 15 is 0 Å². The molecule has 3 heterocycles. The largest absolute Gasteiger partial charge is 0.372 e. The lowest BCUT2D eigenvalue weighted by atomic mass is 10.2. The smallest absolute Gasteiger partial charge is 0.174 e. The molecule has 3 aliphatic rings. The number of nitrogens with zero attached hydrogens (tertiary/aromatic N) is 3. The Morgan fingerprint density at radius 2 is 2.54 bits per heavy atom. The van der Waals surface area contributed by atoms with Gasteiger partial charge >= 0.3 is 0 Å². The summed E-state index contributed by atoms with van der Waals surface area (Å²) >= 11 is 1.65. The summed E-state index contributed by atoms with van der Waals surface area (Å²) in [6.45, 7) is 1.53. The van der Waals surface area contributed by atoms with E-state index in [1.54, 1.807) is 11.8 Å². The molecule has 0 aromatic rings. The molecule has 3 aliphatic heterocycles. The van der Waals surface area contributed by atoms with Crippen LogP contribution in [0.3, 0.4) is 0 Å². The lowest BCUT2D eigenvalue weighted by molar-refractivity contribution is 0.616. The Bertz CT molecular complexity index is 366. The summed E-state index contributed by atoms with van der Waals surface area (Å²) in [6.07, 6.45) is 4.05. The van der Waals surface area contributed by atoms with Crippen molar-refractivity contribution in [3.63, 3.8) is 0 Å². The molecule has 0 fully saturated rings. The van der Waals surface area contributed by atoms with Crippen molar-refractivity contribution in [3.05, 3.63) is 23.4 Å². The molecule has 0 radical (unpaired) electrons. The van der Waals surface area contributed by atoms with Crippen LogP contribution in [0, 0.1) is 0 Å². The van der Waals surface area contributed by atoms with E-state index in [2.05, 4.69) is 26.4 Å². The van der Waals surface area contributed by atoms with Crippen molar-refractivity contribution in [1.29, 1.82) is 0 Å². The summed E-state index contributed by atoms with van der Waals surface area (Å²) in [4.78, 5) is 10.9. The first-order chi connectivity index (χ1) is 6.43. The van der Waals surface area contributed by atoms with Crippen LogP contribution in [0.4, 0.5) is 0 Å². The first-order valence-corrected chi connectivity index (χ1v) is 4.97. The van der Waals surface area contributed by atoms with Crippen LogP contribution in [0.15, 0.2) is 33.4 Å². The van der Waals surface area contributed by atoms with Gasteiger partial charge in [0.25, 0.3) is 0 Å². The zero-order chi connectivity index (χ0) is 8.67. The highest BCUT2D eigenvalue weighted by molar-refractivity contribution is 8.16. The minimum Gasteiger partial charge on any atom is -0.372 e. The number of hydrogen-bond acceptors (Lipinski definition) is 5. The van der Waals surface area contributed by atoms with Gasteiger partial charge in [-0.15, -0.1) is 0 Å². The molecule has 4 nitrogen and oxygen atoms in total. The van der Waals surface area contributed by atoms with Crippen molar-refractivity contribution in [1.82, 2.24) is 10.2 Å². The number of nitrogens with one attached hydrogen (secondary N) is 1. The zero-order valence-corrected chi connectivity index (χ0v) is 7.71. The van der Waals surface area contributed by atoms with E-state index in [4.69, 9.17) is 0 Å². The number of amidine groups is 2. The average molecular weight is 192 g/mol. The summed E-state index contributed by atoms with van der Waals surface area (Å²) < 4.78 is 0. The van der Waals surface area contributed by atoms with Crippen LogP contribution in [0.5, 0.6) is 0 Å². The van der Waals surface area contributed by atoms with Crippen LogP contribution in [0.2, 0.25) is 0 Å². The summed E-state index contributed by atoms with van der Waals surface area (Å²) in [6, 6.07) is 0. The highest BCUT2D eigenvalue weighted by Gasteiger charge is 2.24. The molecule has 0 aromatic heterocycles. The molecule has 0 bridgehead atoms. The SMILES string of the molecule is C1=CN2CC3=CNCN=C3N=C2S1. The summed E-state index contributed by atoms with van der Waals surface area (Å²) in [7, 11) is 0. The molecule has 13 heavy (non-hydrogen) atoms. The van der Waals surface area contributed by atoms with Crippen LogP contribution in [-0.2, 0) is 0 Å². The number of aliphatic imine (C=N–C) groups is 2. The molecule has 0 spiro atoms. The quantitative estimate of drug-likeness (QED) is 0.614. The summed E-state index contributed by atoms with van der Waals surface area (Å²) in [5, 5.41) is 6.17. The topological polar surface area (TPSA) is 40.0 Å². The number of rotatable bonds is 0. The zero-order valence-electron chi connectivity index (χ0n) is 6.90. The molecular weight excluding hydrogens is 184 g/mol. The van der Waals surface area contributed by atoms with Crippen molar-refractivity contribution in [2.45, 2.75) is 0 Å². The van der Waals surface area contributed by atoms with Crippen molar-refractivity contribution in [3.8, 4) is 0 Å². The van der Waals surface area contributed by atoms with Crippen LogP contribution in [0.1, 0.15) is 0 Å². The van der Waals surface area contributed by atoms with Crippen molar-refractivity contribution >= 4 is 22.8 Å². The van der Waals surface area contributed by atoms with Crippen LogP contribution < -0.4 is 5.32 Å². The highest BCUT2D eigenvalue weighted by Crippen LogP contribution is 2.25. The van der Waals surface area contributed by atoms with Gasteiger partial charge in [0.2, 0.25) is 0 Å². The number of thioether (sulfide) groups is 1. The maximum absolute atomic E-state index is 4.45. The van der Waals surface area contributed by atoms with E-state index in [1.807, 2.05) is 11.6 Å². The van der Waals surface area contributed by atoms with Gasteiger partial charge in [0, 0.05) is 18.0 Å². The van der Waals surface area contributed by atoms with E-state index < -0.39 is 0 Å². The molecule has 3 rings (SSSR count). The third-order valence-electron chi connectivity index (χ3n) is 2.09. The van der Waals surface area contributed by atoms with E-state index in [9.17, 15) is 0 Å². The van der Waals surface area contributed by atoms with E-state index in [0.717, 1.165) is 17.5 Å². The summed E-state index contributed by atoms with van der Waals surface area (Å²) in [5.74, 6) is 0.890. The maximum Gasteiger partial charge on any atom is 0.174 e. The second kappa shape index (κ2) is 2.63. The predicted octanol–water partition coefficient (Wildman–Crippen LogP) is 0.719. The Morgan fingerprint density at radius 3 is 3.54 bits per heavy atom. The minimum absolute atomic E-state index is 0.647. The molecule has 0 aromatic carbocycles. The average Bonchev–Trinajstić information content (AvgIpc) is 2.61. The molecule has 0 atom stereocenters. The molecule has 5 heteroatoms. The van der Waals surface area contributed by atoms with Gasteiger partial charge in [-0.2, -0.15) is 0 Å². The fourth-order valence-corrected chi connectivity index (χ4v) is 2.19. The van der Waals surface area contributed by atoms with E-state index in [-0.39, 0.29) is 0 Å². The Hall–Kier alpha value is -1.23. The first kappa shape index (κ1) is 7.20. The monoisotopic (exact) mass is 192 g/mol. The molecule has 0 amide bonds. The fourth-order valence-electron chi connectivity index (χ4n) is 1.46. The Balaban J connectivity index is 2.04. The third kappa shape index (κ3) is 1.07. The Labute approximate surface area is 80.1 Å². The van der Waals surface area contributed by atoms with E-state index in [0.29, 0.717) is 6.67 Å². The van der Waals surface area contributed by atoms with Gasteiger partial charge in [-0.05, 0) is 5.41 Å². The minimum atomic E-state index is 0.647. The van der Waals surface area contributed by atoms with Gasteiger partial charge in [0.1, 0.15) is 6.67 Å². The fraction of sp³-hybridized carbons (Fsp3) is 0.250.